The topological polar surface area (TPSA) is 92.2 Å². The zero-order valence-corrected chi connectivity index (χ0v) is 13.3. The third-order valence-electron chi connectivity index (χ3n) is 2.76. The zero-order valence-electron chi connectivity index (χ0n) is 12.6. The number of rotatable bonds is 6. The molecule has 2 aromatic rings. The van der Waals surface area contributed by atoms with E-state index in [-0.39, 0.29) is 35.2 Å². The van der Waals surface area contributed by atoms with Crippen molar-refractivity contribution >= 4 is 29.5 Å². The molecule has 1 aromatic heterocycles. The molecule has 0 spiro atoms. The molecule has 0 unspecified atom stereocenters. The average molecular weight is 352 g/mol. The highest BCUT2D eigenvalue weighted by Crippen LogP contribution is 2.19. The van der Waals surface area contributed by atoms with E-state index in [4.69, 9.17) is 21.5 Å². The Morgan fingerprint density at radius 2 is 2.12 bits per heavy atom. The summed E-state index contributed by atoms with van der Waals surface area (Å²) in [4.78, 5) is 28.2. The number of ketones is 1. The van der Waals surface area contributed by atoms with Gasteiger partial charge in [0.2, 0.25) is 5.28 Å². The Kier molecular flexibility index (Phi) is 8.07. The first-order chi connectivity index (χ1) is 11.5. The smallest absolute Gasteiger partial charge is 0.290 e. The van der Waals surface area contributed by atoms with Gasteiger partial charge in [-0.05, 0) is 29.8 Å². The number of nitrogens with one attached hydrogen (secondary N) is 1. The van der Waals surface area contributed by atoms with Gasteiger partial charge in [-0.3, -0.25) is 9.59 Å². The van der Waals surface area contributed by atoms with E-state index in [1.54, 1.807) is 24.3 Å². The minimum atomic E-state index is -0.579. The highest BCUT2D eigenvalue weighted by molar-refractivity contribution is 6.28. The van der Waals surface area contributed by atoms with Crippen molar-refractivity contribution in [2.75, 3.05) is 11.9 Å². The number of carbonyl (C=O) groups excluding carboxylic acids is 1. The standard InChI is InChI=1S/C15H13ClFN3O.CH2O2/c1-2-7-18-12-5-3-4-11(14(12)17)13(21)9-10-6-8-19-15(16)20-10;2-1-3/h2-6,8,18H,1,7,9H2;1H,(H,2,3). The van der Waals surface area contributed by atoms with Crippen molar-refractivity contribution in [3.63, 3.8) is 0 Å². The molecular weight excluding hydrogens is 337 g/mol. The molecule has 126 valence electrons. The van der Waals surface area contributed by atoms with Crippen LogP contribution in [-0.2, 0) is 11.2 Å². The Morgan fingerprint density at radius 3 is 2.75 bits per heavy atom. The van der Waals surface area contributed by atoms with Crippen LogP contribution >= 0.6 is 11.6 Å². The molecule has 0 radical (unpaired) electrons. The van der Waals surface area contributed by atoms with Crippen LogP contribution in [0.1, 0.15) is 16.1 Å². The van der Waals surface area contributed by atoms with Crippen molar-refractivity contribution < 1.29 is 19.1 Å². The fourth-order valence-electron chi connectivity index (χ4n) is 1.79. The molecular formula is C16H15ClFN3O3. The number of nitrogens with zero attached hydrogens (tertiary/aromatic N) is 2. The molecule has 2 N–H and O–H groups in total. The first-order valence-corrected chi connectivity index (χ1v) is 7.13. The lowest BCUT2D eigenvalue weighted by Gasteiger charge is -2.08. The second kappa shape index (κ2) is 10.1. The number of hydrogen-bond acceptors (Lipinski definition) is 5. The Hall–Kier alpha value is -2.80. The van der Waals surface area contributed by atoms with Gasteiger partial charge in [0.15, 0.2) is 11.6 Å². The Balaban J connectivity index is 0.000000891. The number of carbonyl (C=O) groups is 2. The molecule has 24 heavy (non-hydrogen) atoms. The quantitative estimate of drug-likeness (QED) is 0.360. The fourth-order valence-corrected chi connectivity index (χ4v) is 1.96. The summed E-state index contributed by atoms with van der Waals surface area (Å²) in [5.41, 5.74) is 0.726. The molecule has 2 rings (SSSR count). The van der Waals surface area contributed by atoms with Gasteiger partial charge in [0, 0.05) is 12.7 Å². The summed E-state index contributed by atoms with van der Waals surface area (Å²) in [5, 5.41) is 9.79. The number of halogens is 2. The Morgan fingerprint density at radius 1 is 1.42 bits per heavy atom. The number of hydrogen-bond donors (Lipinski definition) is 2. The van der Waals surface area contributed by atoms with E-state index in [9.17, 15) is 9.18 Å². The lowest BCUT2D eigenvalue weighted by atomic mass is 10.0. The molecule has 0 aliphatic rings. The summed E-state index contributed by atoms with van der Waals surface area (Å²) in [7, 11) is 0. The first kappa shape index (κ1) is 19.2. The summed E-state index contributed by atoms with van der Waals surface area (Å²) < 4.78 is 14.3. The van der Waals surface area contributed by atoms with E-state index >= 15 is 0 Å². The lowest BCUT2D eigenvalue weighted by Crippen LogP contribution is -2.10. The summed E-state index contributed by atoms with van der Waals surface area (Å²) in [6, 6.07) is 6.20. The lowest BCUT2D eigenvalue weighted by molar-refractivity contribution is -0.122. The van der Waals surface area contributed by atoms with Crippen molar-refractivity contribution in [1.29, 1.82) is 0 Å². The molecule has 0 saturated heterocycles. The summed E-state index contributed by atoms with van der Waals surface area (Å²) in [5.74, 6) is -0.950. The minimum absolute atomic E-state index is 0.0128. The van der Waals surface area contributed by atoms with Crippen LogP contribution in [0, 0.1) is 5.82 Å². The maximum Gasteiger partial charge on any atom is 0.290 e. The number of Topliss-reactive ketones (excluding diaryl/α,β-unsaturated/α-hetero) is 1. The maximum atomic E-state index is 14.3. The highest BCUT2D eigenvalue weighted by atomic mass is 35.5. The molecule has 0 aliphatic heterocycles. The van der Waals surface area contributed by atoms with Crippen molar-refractivity contribution in [3.05, 3.63) is 65.5 Å². The van der Waals surface area contributed by atoms with Gasteiger partial charge in [0.05, 0.1) is 23.4 Å². The van der Waals surface area contributed by atoms with Gasteiger partial charge >= 0.3 is 0 Å². The normalized spacial score (nSPS) is 9.42. The molecule has 0 bridgehead atoms. The van der Waals surface area contributed by atoms with E-state index in [1.807, 2.05) is 0 Å². The van der Waals surface area contributed by atoms with Gasteiger partial charge < -0.3 is 10.4 Å². The van der Waals surface area contributed by atoms with E-state index in [0.717, 1.165) is 0 Å². The van der Waals surface area contributed by atoms with Gasteiger partial charge in [0.25, 0.3) is 6.47 Å². The molecule has 0 aliphatic carbocycles. The van der Waals surface area contributed by atoms with Gasteiger partial charge in [-0.2, -0.15) is 0 Å². The van der Waals surface area contributed by atoms with Gasteiger partial charge in [-0.1, -0.05) is 12.1 Å². The van der Waals surface area contributed by atoms with Crippen LogP contribution in [0.2, 0.25) is 5.28 Å². The summed E-state index contributed by atoms with van der Waals surface area (Å²) in [6.45, 7) is 3.71. The van der Waals surface area contributed by atoms with Gasteiger partial charge in [-0.25, -0.2) is 14.4 Å². The molecule has 0 saturated carbocycles. The second-order valence-corrected chi connectivity index (χ2v) is 4.70. The molecule has 1 heterocycles. The number of anilines is 1. The molecule has 6 nitrogen and oxygen atoms in total. The zero-order chi connectivity index (χ0) is 17.9. The largest absolute Gasteiger partial charge is 0.483 e. The third kappa shape index (κ3) is 5.77. The molecule has 1 aromatic carbocycles. The molecule has 0 fully saturated rings. The number of benzene rings is 1. The van der Waals surface area contributed by atoms with E-state index < -0.39 is 5.82 Å². The van der Waals surface area contributed by atoms with Crippen molar-refractivity contribution in [2.45, 2.75) is 6.42 Å². The van der Waals surface area contributed by atoms with Crippen LogP contribution in [0.15, 0.2) is 43.1 Å². The third-order valence-corrected chi connectivity index (χ3v) is 2.94. The second-order valence-electron chi connectivity index (χ2n) is 4.36. The molecule has 8 heteroatoms. The van der Waals surface area contributed by atoms with Crippen LogP contribution in [0.25, 0.3) is 0 Å². The van der Waals surface area contributed by atoms with Crippen LogP contribution in [0.5, 0.6) is 0 Å². The maximum absolute atomic E-state index is 14.3. The first-order valence-electron chi connectivity index (χ1n) is 6.75. The highest BCUT2D eigenvalue weighted by Gasteiger charge is 2.16. The predicted molar refractivity (Wildman–Crippen MR) is 88.9 cm³/mol. The fraction of sp³-hybridized carbons (Fsp3) is 0.125. The van der Waals surface area contributed by atoms with Crippen LogP contribution in [0.3, 0.4) is 0 Å². The minimum Gasteiger partial charge on any atom is -0.483 e. The van der Waals surface area contributed by atoms with Crippen LogP contribution < -0.4 is 5.32 Å². The van der Waals surface area contributed by atoms with Crippen LogP contribution in [-0.4, -0.2) is 33.9 Å². The monoisotopic (exact) mass is 351 g/mol. The average Bonchev–Trinajstić information content (AvgIpc) is 2.54. The number of aromatic nitrogens is 2. The predicted octanol–water partition coefficient (Wildman–Crippen LogP) is 2.99. The summed E-state index contributed by atoms with van der Waals surface area (Å²) >= 11 is 5.66. The molecule has 0 amide bonds. The van der Waals surface area contributed by atoms with Crippen molar-refractivity contribution in [1.82, 2.24) is 9.97 Å². The number of carboxylic acid groups (broad SMARTS) is 1. The van der Waals surface area contributed by atoms with Crippen LogP contribution in [0.4, 0.5) is 10.1 Å². The van der Waals surface area contributed by atoms with Crippen molar-refractivity contribution in [2.24, 2.45) is 0 Å². The van der Waals surface area contributed by atoms with Gasteiger partial charge in [-0.15, -0.1) is 6.58 Å². The Bertz CT molecular complexity index is 725. The van der Waals surface area contributed by atoms with E-state index in [0.29, 0.717) is 12.2 Å². The SMILES string of the molecule is C=CCNc1cccc(C(=O)Cc2ccnc(Cl)n2)c1F.O=CO. The van der Waals surface area contributed by atoms with E-state index in [1.165, 1.54) is 12.3 Å². The van der Waals surface area contributed by atoms with E-state index in [2.05, 4.69) is 21.9 Å². The summed E-state index contributed by atoms with van der Waals surface area (Å²) in [6.07, 6.45) is 3.03. The van der Waals surface area contributed by atoms with Gasteiger partial charge in [0.1, 0.15) is 0 Å². The molecule has 0 atom stereocenters. The Labute approximate surface area is 143 Å². The van der Waals surface area contributed by atoms with Crippen molar-refractivity contribution in [3.8, 4) is 0 Å².